The summed E-state index contributed by atoms with van der Waals surface area (Å²) in [6.07, 6.45) is 9.57. The van der Waals surface area contributed by atoms with E-state index in [0.29, 0.717) is 18.1 Å². The van der Waals surface area contributed by atoms with Crippen molar-refractivity contribution in [2.75, 3.05) is 13.1 Å². The number of unbranched alkanes of at least 4 members (excludes halogenated alkanes) is 4. The van der Waals surface area contributed by atoms with Gasteiger partial charge in [0, 0.05) is 6.54 Å². The van der Waals surface area contributed by atoms with Crippen molar-refractivity contribution in [1.82, 2.24) is 15.6 Å². The van der Waals surface area contributed by atoms with Crippen LogP contribution >= 0.6 is 0 Å². The number of hydrogen-bond donors (Lipinski definition) is 2. The van der Waals surface area contributed by atoms with Crippen LogP contribution in [0.2, 0.25) is 0 Å². The van der Waals surface area contributed by atoms with Gasteiger partial charge in [-0.1, -0.05) is 32.6 Å². The molecular weight excluding hydrogens is 254 g/mol. The van der Waals surface area contributed by atoms with Gasteiger partial charge in [0.2, 0.25) is 5.89 Å². The summed E-state index contributed by atoms with van der Waals surface area (Å²) in [6.45, 7) is 3.90. The lowest BCUT2D eigenvalue weighted by molar-refractivity contribution is 0.0948. The highest BCUT2D eigenvalue weighted by Crippen LogP contribution is 2.22. The fourth-order valence-electron chi connectivity index (χ4n) is 2.47. The summed E-state index contributed by atoms with van der Waals surface area (Å²) in [5.41, 5.74) is 0.391. The molecule has 112 valence electrons. The summed E-state index contributed by atoms with van der Waals surface area (Å²) >= 11 is 0. The van der Waals surface area contributed by atoms with Gasteiger partial charge in [-0.05, 0) is 25.8 Å². The van der Waals surface area contributed by atoms with Gasteiger partial charge in [-0.2, -0.15) is 0 Å². The Hall–Kier alpha value is -1.36. The maximum atomic E-state index is 11.9. The monoisotopic (exact) mass is 279 g/mol. The minimum atomic E-state index is -0.131. The maximum Gasteiger partial charge on any atom is 0.273 e. The third-order valence-electron chi connectivity index (χ3n) is 3.68. The molecule has 1 aliphatic heterocycles. The van der Waals surface area contributed by atoms with E-state index in [1.165, 1.54) is 31.9 Å². The standard InChI is InChI=1S/C15H25N3O2/c1-2-3-4-5-6-9-17-14(19)13-11-20-15(18-13)12-8-7-10-16-12/h11-12,16H,2-10H2,1H3,(H,17,19). The molecule has 1 aromatic heterocycles. The normalized spacial score (nSPS) is 18.4. The van der Waals surface area contributed by atoms with Crippen molar-refractivity contribution in [3.05, 3.63) is 17.8 Å². The Bertz CT molecular complexity index is 411. The first kappa shape index (κ1) is 15.0. The predicted molar refractivity (Wildman–Crippen MR) is 77.6 cm³/mol. The third kappa shape index (κ3) is 4.34. The second-order valence-electron chi connectivity index (χ2n) is 5.39. The largest absolute Gasteiger partial charge is 0.446 e. The summed E-state index contributed by atoms with van der Waals surface area (Å²) in [6, 6.07) is 0.172. The highest BCUT2D eigenvalue weighted by atomic mass is 16.3. The summed E-state index contributed by atoms with van der Waals surface area (Å²) < 4.78 is 5.39. The molecule has 0 spiro atoms. The van der Waals surface area contributed by atoms with Gasteiger partial charge in [0.05, 0.1) is 6.04 Å². The van der Waals surface area contributed by atoms with Crippen molar-refractivity contribution < 1.29 is 9.21 Å². The molecule has 1 aliphatic rings. The lowest BCUT2D eigenvalue weighted by Gasteiger charge is -2.03. The number of aromatic nitrogens is 1. The van der Waals surface area contributed by atoms with Gasteiger partial charge in [-0.3, -0.25) is 4.79 Å². The van der Waals surface area contributed by atoms with Crippen LogP contribution in [-0.4, -0.2) is 24.0 Å². The van der Waals surface area contributed by atoms with Crippen LogP contribution in [0.4, 0.5) is 0 Å². The summed E-state index contributed by atoms with van der Waals surface area (Å²) in [7, 11) is 0. The van der Waals surface area contributed by atoms with Gasteiger partial charge >= 0.3 is 0 Å². The molecule has 0 aromatic carbocycles. The molecule has 1 amide bonds. The molecule has 1 fully saturated rings. The van der Waals surface area contributed by atoms with Crippen LogP contribution in [0.5, 0.6) is 0 Å². The third-order valence-corrected chi connectivity index (χ3v) is 3.68. The molecular formula is C15H25N3O2. The van der Waals surface area contributed by atoms with Gasteiger partial charge < -0.3 is 15.1 Å². The number of amides is 1. The van der Waals surface area contributed by atoms with E-state index in [1.807, 2.05) is 0 Å². The second-order valence-corrected chi connectivity index (χ2v) is 5.39. The van der Waals surface area contributed by atoms with Crippen LogP contribution in [0, 0.1) is 0 Å². The number of carbonyl (C=O) groups is 1. The SMILES string of the molecule is CCCCCCCNC(=O)c1coc(C2CCCN2)n1. The van der Waals surface area contributed by atoms with E-state index >= 15 is 0 Å². The van der Waals surface area contributed by atoms with Gasteiger partial charge in [0.1, 0.15) is 6.26 Å². The Morgan fingerprint density at radius 3 is 3.05 bits per heavy atom. The smallest absolute Gasteiger partial charge is 0.273 e. The number of oxazole rings is 1. The first-order valence-corrected chi connectivity index (χ1v) is 7.78. The van der Waals surface area contributed by atoms with Crippen LogP contribution in [0.3, 0.4) is 0 Å². The summed E-state index contributed by atoms with van der Waals surface area (Å²) in [5.74, 6) is 0.504. The number of hydrogen-bond acceptors (Lipinski definition) is 4. The molecule has 0 aliphatic carbocycles. The maximum absolute atomic E-state index is 11.9. The molecule has 2 N–H and O–H groups in total. The molecule has 0 bridgehead atoms. The van der Waals surface area contributed by atoms with Crippen LogP contribution in [0.1, 0.15) is 74.3 Å². The highest BCUT2D eigenvalue weighted by Gasteiger charge is 2.22. The first-order valence-electron chi connectivity index (χ1n) is 7.78. The van der Waals surface area contributed by atoms with Gasteiger partial charge in [0.15, 0.2) is 5.69 Å². The van der Waals surface area contributed by atoms with E-state index in [4.69, 9.17) is 4.42 Å². The molecule has 2 heterocycles. The van der Waals surface area contributed by atoms with E-state index in [-0.39, 0.29) is 11.9 Å². The number of rotatable bonds is 8. The van der Waals surface area contributed by atoms with Gasteiger partial charge in [-0.15, -0.1) is 0 Å². The Kier molecular flexibility index (Phi) is 6.05. The Morgan fingerprint density at radius 1 is 1.45 bits per heavy atom. The molecule has 1 unspecified atom stereocenters. The van der Waals surface area contributed by atoms with Crippen molar-refractivity contribution in [1.29, 1.82) is 0 Å². The lowest BCUT2D eigenvalue weighted by atomic mass is 10.1. The average molecular weight is 279 g/mol. The quantitative estimate of drug-likeness (QED) is 0.718. The molecule has 20 heavy (non-hydrogen) atoms. The number of nitrogens with zero attached hydrogens (tertiary/aromatic N) is 1. The zero-order chi connectivity index (χ0) is 14.2. The van der Waals surface area contributed by atoms with E-state index in [0.717, 1.165) is 25.8 Å². The Labute approximate surface area is 120 Å². The lowest BCUT2D eigenvalue weighted by Crippen LogP contribution is -2.25. The van der Waals surface area contributed by atoms with Gasteiger partial charge in [0.25, 0.3) is 5.91 Å². The van der Waals surface area contributed by atoms with Gasteiger partial charge in [-0.25, -0.2) is 4.98 Å². The van der Waals surface area contributed by atoms with Crippen molar-refractivity contribution in [3.8, 4) is 0 Å². The molecule has 1 saturated heterocycles. The summed E-state index contributed by atoms with van der Waals surface area (Å²) in [4.78, 5) is 16.2. The first-order chi connectivity index (χ1) is 9.81. The fourth-order valence-corrected chi connectivity index (χ4v) is 2.47. The van der Waals surface area contributed by atoms with E-state index in [2.05, 4.69) is 22.5 Å². The van der Waals surface area contributed by atoms with E-state index in [1.54, 1.807) is 0 Å². The second kappa shape index (κ2) is 8.04. The van der Waals surface area contributed by atoms with Crippen molar-refractivity contribution in [3.63, 3.8) is 0 Å². The molecule has 1 aromatic rings. The molecule has 0 saturated carbocycles. The van der Waals surface area contributed by atoms with Crippen LogP contribution < -0.4 is 10.6 Å². The predicted octanol–water partition coefficient (Wildman–Crippen LogP) is 2.80. The zero-order valence-electron chi connectivity index (χ0n) is 12.3. The zero-order valence-corrected chi connectivity index (χ0v) is 12.3. The summed E-state index contributed by atoms with van der Waals surface area (Å²) in [5, 5.41) is 6.21. The molecule has 5 nitrogen and oxygen atoms in total. The van der Waals surface area contributed by atoms with Crippen LogP contribution in [0.25, 0.3) is 0 Å². The highest BCUT2D eigenvalue weighted by molar-refractivity contribution is 5.91. The molecule has 2 rings (SSSR count). The minimum absolute atomic E-state index is 0.131. The fraction of sp³-hybridized carbons (Fsp3) is 0.733. The van der Waals surface area contributed by atoms with Crippen LogP contribution in [0.15, 0.2) is 10.7 Å². The minimum Gasteiger partial charge on any atom is -0.446 e. The molecule has 0 radical (unpaired) electrons. The number of carbonyl (C=O) groups excluding carboxylic acids is 1. The van der Waals surface area contributed by atoms with Crippen molar-refractivity contribution in [2.24, 2.45) is 0 Å². The topological polar surface area (TPSA) is 67.2 Å². The number of nitrogens with one attached hydrogen (secondary N) is 2. The Balaban J connectivity index is 1.69. The van der Waals surface area contributed by atoms with Crippen molar-refractivity contribution >= 4 is 5.91 Å². The van der Waals surface area contributed by atoms with E-state index < -0.39 is 0 Å². The van der Waals surface area contributed by atoms with Crippen molar-refractivity contribution in [2.45, 2.75) is 57.9 Å². The molecule has 1 atom stereocenters. The average Bonchev–Trinajstić information content (AvgIpc) is 3.12. The molecule has 5 heteroatoms. The van der Waals surface area contributed by atoms with E-state index in [9.17, 15) is 4.79 Å². The Morgan fingerprint density at radius 2 is 2.30 bits per heavy atom. The van der Waals surface area contributed by atoms with Crippen LogP contribution in [-0.2, 0) is 0 Å².